The maximum atomic E-state index is 13.9. The molecule has 2 aliphatic heterocycles. The number of hydrogen-bond acceptors (Lipinski definition) is 11. The quantitative estimate of drug-likeness (QED) is 0.0393. The fraction of sp³-hybridized carbons (Fsp3) is 0.784. The molecule has 0 aromatic rings. The summed E-state index contributed by atoms with van der Waals surface area (Å²) in [6.07, 6.45) is 18.0. The van der Waals surface area contributed by atoms with Crippen LogP contribution in [0.25, 0.3) is 0 Å². The Morgan fingerprint density at radius 2 is 1.63 bits per heavy atom. The number of allylic oxidation sites excluding steroid dienone is 5. The number of carbonyl (C=O) groups is 5. The van der Waals surface area contributed by atoms with Crippen LogP contribution in [0.15, 0.2) is 36.0 Å². The molecular weight excluding hydrogens is 803 g/mol. The third kappa shape index (κ3) is 16.7. The van der Waals surface area contributed by atoms with Crippen LogP contribution in [0.5, 0.6) is 0 Å². The van der Waals surface area contributed by atoms with E-state index in [4.69, 9.17) is 18.9 Å². The van der Waals surface area contributed by atoms with Gasteiger partial charge in [-0.2, -0.15) is 0 Å². The van der Waals surface area contributed by atoms with Gasteiger partial charge < -0.3 is 34.1 Å². The zero-order valence-electron chi connectivity index (χ0n) is 40.4. The largest absolute Gasteiger partial charge is 0.461 e. The molecule has 2 N–H and O–H groups in total. The van der Waals surface area contributed by atoms with Gasteiger partial charge in [0.1, 0.15) is 17.7 Å². The minimum Gasteiger partial charge on any atom is -0.461 e. The smallest absolute Gasteiger partial charge is 0.311 e. The van der Waals surface area contributed by atoms with E-state index in [-0.39, 0.29) is 74.1 Å². The minimum atomic E-state index is -2.19. The Hall–Kier alpha value is -3.03. The van der Waals surface area contributed by atoms with Crippen LogP contribution < -0.4 is 0 Å². The van der Waals surface area contributed by atoms with Gasteiger partial charge in [-0.1, -0.05) is 91.7 Å². The van der Waals surface area contributed by atoms with E-state index >= 15 is 0 Å². The summed E-state index contributed by atoms with van der Waals surface area (Å²) in [5.41, 5.74) is 0.538. The van der Waals surface area contributed by atoms with Crippen LogP contribution in [-0.2, 0) is 42.9 Å². The lowest BCUT2D eigenvalue weighted by Crippen LogP contribution is -2.57. The van der Waals surface area contributed by atoms with E-state index in [0.29, 0.717) is 49.5 Å². The van der Waals surface area contributed by atoms with Crippen molar-refractivity contribution in [1.82, 2.24) is 4.90 Å². The molecule has 12 heteroatoms. The molecule has 1 amide bonds. The van der Waals surface area contributed by atoms with Gasteiger partial charge in [-0.25, -0.2) is 0 Å². The highest BCUT2D eigenvalue weighted by Gasteiger charge is 2.50. The predicted molar refractivity (Wildman–Crippen MR) is 244 cm³/mol. The summed E-state index contributed by atoms with van der Waals surface area (Å²) in [7, 11) is 3.48. The number of aliphatic hydroxyl groups is 2. The summed E-state index contributed by atoms with van der Waals surface area (Å²) >= 11 is 0. The van der Waals surface area contributed by atoms with Gasteiger partial charge >= 0.3 is 5.97 Å². The highest BCUT2D eigenvalue weighted by molar-refractivity contribution is 6.38. The Balaban J connectivity index is 1.63. The number of piperidine rings is 1. The molecule has 13 atom stereocenters. The second kappa shape index (κ2) is 26.8. The zero-order valence-corrected chi connectivity index (χ0v) is 40.4. The topological polar surface area (TPSA) is 166 Å². The Bertz CT molecular complexity index is 1570. The van der Waals surface area contributed by atoms with Gasteiger partial charge in [0.25, 0.3) is 11.7 Å². The van der Waals surface area contributed by atoms with Crippen molar-refractivity contribution >= 4 is 29.2 Å². The van der Waals surface area contributed by atoms with Gasteiger partial charge in [0, 0.05) is 57.9 Å². The van der Waals surface area contributed by atoms with Crippen LogP contribution in [0, 0.1) is 47.3 Å². The van der Waals surface area contributed by atoms with Crippen molar-refractivity contribution < 1.29 is 53.1 Å². The van der Waals surface area contributed by atoms with Crippen molar-refractivity contribution in [3.63, 3.8) is 0 Å². The molecule has 2 saturated heterocycles. The summed E-state index contributed by atoms with van der Waals surface area (Å²) in [6.45, 7) is 15.9. The lowest BCUT2D eigenvalue weighted by atomic mass is 9.79. The number of amides is 1. The molecule has 63 heavy (non-hydrogen) atoms. The molecule has 0 aromatic heterocycles. The Kier molecular flexibility index (Phi) is 23.1. The average Bonchev–Trinajstić information content (AvgIpc) is 3.26. The Morgan fingerprint density at radius 3 is 2.30 bits per heavy atom. The molecule has 2 heterocycles. The molecule has 0 spiro atoms. The van der Waals surface area contributed by atoms with Crippen molar-refractivity contribution in [2.45, 2.75) is 175 Å². The average molecular weight is 886 g/mol. The fourth-order valence-corrected chi connectivity index (χ4v) is 9.73. The van der Waals surface area contributed by atoms with E-state index in [1.54, 1.807) is 41.1 Å². The summed E-state index contributed by atoms with van der Waals surface area (Å²) in [5, 5.41) is 22.1. The van der Waals surface area contributed by atoms with Crippen molar-refractivity contribution in [2.24, 2.45) is 47.3 Å². The number of nitrogens with zero attached hydrogens (tertiary/aromatic N) is 1. The first-order chi connectivity index (χ1) is 29.8. The molecule has 3 rings (SSSR count). The molecule has 1 aliphatic carbocycles. The number of Topliss-reactive ketones (excluding diaryl/α,β-unsaturated/α-hetero) is 3. The second-order valence-electron chi connectivity index (χ2n) is 19.5. The fourth-order valence-electron chi connectivity index (χ4n) is 9.73. The van der Waals surface area contributed by atoms with E-state index < -0.39 is 53.4 Å². The van der Waals surface area contributed by atoms with Crippen LogP contribution in [0.3, 0.4) is 0 Å². The molecule has 12 nitrogen and oxygen atoms in total. The number of esters is 1. The van der Waals surface area contributed by atoms with E-state index in [1.165, 1.54) is 4.90 Å². The first kappa shape index (κ1) is 54.3. The first-order valence-electron chi connectivity index (χ1n) is 24.1. The predicted octanol–water partition coefficient (Wildman–Crippen LogP) is 8.16. The number of ether oxygens (including phenoxy) is 4. The summed E-state index contributed by atoms with van der Waals surface area (Å²) < 4.78 is 22.9. The first-order valence-corrected chi connectivity index (χ1v) is 24.1. The number of aliphatic hydroxyl groups excluding tert-OH is 1. The van der Waals surface area contributed by atoms with Gasteiger partial charge in [0.05, 0.1) is 30.8 Å². The third-order valence-corrected chi connectivity index (χ3v) is 14.2. The lowest BCUT2D eigenvalue weighted by Gasteiger charge is -2.38. The maximum absolute atomic E-state index is 13.9. The standard InChI is InChI=1S/C51H83NO11/c1-11-46(61-10)34(3)19-14-12-13-18-33(2)26-35(4)43(53)30-44(54)36(5)27-37(6)45(55)31-47(38(7)28-40-21-15-23-42(29-40)60-9)63-50(58)41-22-16-24-52(32-41)49(57)48(56)51(59)39(8)20-17-25-62-51/h12-14,18,27,33-35,37-42,44,46-47,54,59H,11,15-17,19-26,28-32H2,1-10H3/b14-12+,18-13+,36-27+/t33-,34?,35-,37-,38-,39-,40+,41?,42+,44+,46+,47+,51-/m1/s1. The van der Waals surface area contributed by atoms with Crippen LogP contribution in [0.4, 0.5) is 0 Å². The van der Waals surface area contributed by atoms with Crippen molar-refractivity contribution in [2.75, 3.05) is 33.9 Å². The van der Waals surface area contributed by atoms with Gasteiger partial charge in [0.2, 0.25) is 5.79 Å². The SMILES string of the molecule is CC[C@H](OC)C(C)C/C=C/C=C/[C@@H](C)C[C@@H](C)C(=O)C[C@H](O)/C(C)=C/[C@@H](C)C(=O)C[C@H](OC(=O)C1CCCN(C(=O)C(=O)[C@]2(O)OCCC[C@H]2C)C1)[C@H](C)C[C@@H]1CCC[C@H](OC)C1. The number of ketones is 3. The van der Waals surface area contributed by atoms with Crippen LogP contribution in [0.2, 0.25) is 0 Å². The highest BCUT2D eigenvalue weighted by atomic mass is 16.6. The third-order valence-electron chi connectivity index (χ3n) is 14.2. The van der Waals surface area contributed by atoms with Crippen LogP contribution in [-0.4, -0.2) is 108 Å². The molecule has 0 aromatic carbocycles. The van der Waals surface area contributed by atoms with Gasteiger partial charge in [0.15, 0.2) is 0 Å². The maximum Gasteiger partial charge on any atom is 0.311 e. The van der Waals surface area contributed by atoms with Gasteiger partial charge in [-0.3, -0.25) is 24.0 Å². The molecular formula is C51H83NO11. The second-order valence-corrected chi connectivity index (χ2v) is 19.5. The Labute approximate surface area is 379 Å². The van der Waals surface area contributed by atoms with Crippen LogP contribution in [0.1, 0.15) is 145 Å². The van der Waals surface area contributed by atoms with E-state index in [2.05, 4.69) is 32.9 Å². The van der Waals surface area contributed by atoms with E-state index in [9.17, 15) is 34.2 Å². The highest BCUT2D eigenvalue weighted by Crippen LogP contribution is 2.35. The number of rotatable bonds is 25. The molecule has 0 bridgehead atoms. The lowest BCUT2D eigenvalue weighted by molar-refractivity contribution is -0.240. The van der Waals surface area contributed by atoms with Crippen molar-refractivity contribution in [3.8, 4) is 0 Å². The normalized spacial score (nSPS) is 27.6. The van der Waals surface area contributed by atoms with Crippen LogP contribution >= 0.6 is 0 Å². The minimum absolute atomic E-state index is 0.0316. The van der Waals surface area contributed by atoms with E-state index in [1.807, 2.05) is 26.0 Å². The molecule has 358 valence electrons. The van der Waals surface area contributed by atoms with Crippen molar-refractivity contribution in [1.29, 1.82) is 0 Å². The summed E-state index contributed by atoms with van der Waals surface area (Å²) in [6, 6.07) is 0. The van der Waals surface area contributed by atoms with Gasteiger partial charge in [-0.15, -0.1) is 0 Å². The zero-order chi connectivity index (χ0) is 46.9. The van der Waals surface area contributed by atoms with E-state index in [0.717, 1.165) is 44.9 Å². The van der Waals surface area contributed by atoms with Gasteiger partial charge in [-0.05, 0) is 100 Å². The number of likely N-dealkylation sites (tertiary alicyclic amines) is 1. The monoisotopic (exact) mass is 886 g/mol. The molecule has 1 saturated carbocycles. The molecule has 2 unspecified atom stereocenters. The van der Waals surface area contributed by atoms with Crippen molar-refractivity contribution in [3.05, 3.63) is 36.0 Å². The molecule has 0 radical (unpaired) electrons. The number of carbonyl (C=O) groups excluding carboxylic acids is 5. The Morgan fingerprint density at radius 1 is 0.905 bits per heavy atom. The molecule has 3 aliphatic rings. The molecule has 3 fully saturated rings. The summed E-state index contributed by atoms with van der Waals surface area (Å²) in [4.78, 5) is 69.0. The number of methoxy groups -OCH3 is 2. The number of hydrogen-bond donors (Lipinski definition) is 2. The summed E-state index contributed by atoms with van der Waals surface area (Å²) in [5.74, 6) is -6.10.